The molecule has 2 heterocycles. The Balaban J connectivity index is 1.61. The first-order valence-electron chi connectivity index (χ1n) is 9.60. The molecule has 2 atom stereocenters. The summed E-state index contributed by atoms with van der Waals surface area (Å²) in [4.78, 5) is 26.6. The van der Waals surface area contributed by atoms with Gasteiger partial charge < -0.3 is 19.7 Å². The maximum absolute atomic E-state index is 12.6. The van der Waals surface area contributed by atoms with E-state index in [1.807, 2.05) is 6.92 Å². The number of ether oxygens (including phenoxy) is 2. The van der Waals surface area contributed by atoms with E-state index >= 15 is 0 Å². The Morgan fingerprint density at radius 3 is 2.55 bits per heavy atom. The second-order valence-electron chi connectivity index (χ2n) is 7.28. The molecule has 160 valence electrons. The molecule has 29 heavy (non-hydrogen) atoms. The van der Waals surface area contributed by atoms with Crippen molar-refractivity contribution in [3.8, 4) is 0 Å². The number of amides is 2. The fourth-order valence-electron chi connectivity index (χ4n) is 3.55. The smallest absolute Gasteiger partial charge is 0.243 e. The van der Waals surface area contributed by atoms with Crippen molar-refractivity contribution >= 4 is 27.5 Å². The number of benzene rings is 1. The van der Waals surface area contributed by atoms with E-state index in [-0.39, 0.29) is 29.2 Å². The molecule has 0 saturated carbocycles. The van der Waals surface area contributed by atoms with Gasteiger partial charge >= 0.3 is 0 Å². The fourth-order valence-corrected chi connectivity index (χ4v) is 4.96. The van der Waals surface area contributed by atoms with Gasteiger partial charge in [0.15, 0.2) is 0 Å². The van der Waals surface area contributed by atoms with Crippen molar-refractivity contribution < 1.29 is 27.5 Å². The number of rotatable bonds is 7. The van der Waals surface area contributed by atoms with Crippen LogP contribution in [0, 0.1) is 5.92 Å². The number of sulfonamides is 1. The summed E-state index contributed by atoms with van der Waals surface area (Å²) in [5.41, 5.74) is 0.492. The molecule has 2 aliphatic rings. The van der Waals surface area contributed by atoms with Crippen LogP contribution in [0.5, 0.6) is 0 Å². The second-order valence-corrected chi connectivity index (χ2v) is 9.22. The molecular weight excluding hydrogens is 398 g/mol. The van der Waals surface area contributed by atoms with E-state index in [0.717, 1.165) is 0 Å². The minimum Gasteiger partial charge on any atom is -0.383 e. The zero-order chi connectivity index (χ0) is 21.0. The molecule has 2 aliphatic heterocycles. The number of methoxy groups -OCH3 is 1. The van der Waals surface area contributed by atoms with Crippen molar-refractivity contribution in [1.29, 1.82) is 0 Å². The fraction of sp³-hybridized carbons (Fsp3) is 0.579. The predicted octanol–water partition coefficient (Wildman–Crippen LogP) is 0.529. The molecule has 2 amide bonds. The highest BCUT2D eigenvalue weighted by atomic mass is 32.2. The molecule has 9 nitrogen and oxygen atoms in total. The van der Waals surface area contributed by atoms with Gasteiger partial charge in [0.1, 0.15) is 0 Å². The third-order valence-corrected chi connectivity index (χ3v) is 7.11. The van der Waals surface area contributed by atoms with Crippen LogP contribution in [0.25, 0.3) is 0 Å². The van der Waals surface area contributed by atoms with Gasteiger partial charge in [0.2, 0.25) is 21.8 Å². The van der Waals surface area contributed by atoms with Crippen LogP contribution in [0.1, 0.15) is 13.3 Å². The number of hydrogen-bond acceptors (Lipinski definition) is 6. The van der Waals surface area contributed by atoms with Crippen LogP contribution >= 0.6 is 0 Å². The summed E-state index contributed by atoms with van der Waals surface area (Å²) in [6.45, 7) is 4.07. The molecule has 0 spiro atoms. The summed E-state index contributed by atoms with van der Waals surface area (Å²) >= 11 is 0. The van der Waals surface area contributed by atoms with Crippen LogP contribution < -0.4 is 5.32 Å². The van der Waals surface area contributed by atoms with E-state index in [0.29, 0.717) is 45.1 Å². The lowest BCUT2D eigenvalue weighted by molar-refractivity contribution is -0.130. The maximum atomic E-state index is 12.6. The van der Waals surface area contributed by atoms with E-state index in [1.54, 1.807) is 24.1 Å². The number of nitrogens with zero attached hydrogens (tertiary/aromatic N) is 2. The van der Waals surface area contributed by atoms with E-state index in [2.05, 4.69) is 5.32 Å². The molecule has 1 N–H and O–H groups in total. The van der Waals surface area contributed by atoms with Gasteiger partial charge in [-0.2, -0.15) is 4.31 Å². The third-order valence-electron chi connectivity index (χ3n) is 5.20. The predicted molar refractivity (Wildman–Crippen MR) is 106 cm³/mol. The largest absolute Gasteiger partial charge is 0.383 e. The zero-order valence-electron chi connectivity index (χ0n) is 16.7. The molecule has 3 rings (SSSR count). The summed E-state index contributed by atoms with van der Waals surface area (Å²) in [6.07, 6.45) is 0.156. The molecule has 0 aromatic heterocycles. The SMILES string of the molecule is COC[C@H](C)N1C[C@H](C(=O)Nc2ccc(S(=O)(=O)N3CCOCC3)cc2)CC1=O. The summed E-state index contributed by atoms with van der Waals surface area (Å²) < 4.78 is 37.0. The van der Waals surface area contributed by atoms with Crippen LogP contribution in [-0.2, 0) is 29.1 Å². The lowest BCUT2D eigenvalue weighted by Gasteiger charge is -2.26. The lowest BCUT2D eigenvalue weighted by atomic mass is 10.1. The number of likely N-dealkylation sites (tertiary alicyclic amines) is 1. The average Bonchev–Trinajstić information content (AvgIpc) is 3.11. The first kappa shape index (κ1) is 21.7. The van der Waals surface area contributed by atoms with Gasteiger partial charge in [0, 0.05) is 38.9 Å². The molecule has 1 aromatic rings. The van der Waals surface area contributed by atoms with Crippen LogP contribution in [0.2, 0.25) is 0 Å². The van der Waals surface area contributed by atoms with Crippen molar-refractivity contribution in [3.63, 3.8) is 0 Å². The maximum Gasteiger partial charge on any atom is 0.243 e. The van der Waals surface area contributed by atoms with Crippen molar-refractivity contribution in [3.05, 3.63) is 24.3 Å². The van der Waals surface area contributed by atoms with Crippen LogP contribution in [0.15, 0.2) is 29.2 Å². The van der Waals surface area contributed by atoms with Gasteiger partial charge in [-0.1, -0.05) is 0 Å². The van der Waals surface area contributed by atoms with Crippen LogP contribution in [0.4, 0.5) is 5.69 Å². The Hall–Kier alpha value is -2.01. The Bertz CT molecular complexity index is 836. The third kappa shape index (κ3) is 4.95. The summed E-state index contributed by atoms with van der Waals surface area (Å²) in [7, 11) is -2.00. The summed E-state index contributed by atoms with van der Waals surface area (Å²) in [6, 6.07) is 6.00. The van der Waals surface area contributed by atoms with Gasteiger partial charge in [-0.3, -0.25) is 9.59 Å². The highest BCUT2D eigenvalue weighted by Gasteiger charge is 2.36. The molecule has 10 heteroatoms. The average molecular weight is 426 g/mol. The summed E-state index contributed by atoms with van der Waals surface area (Å²) in [5.74, 6) is -0.769. The monoisotopic (exact) mass is 425 g/mol. The Labute approximate surface area is 171 Å². The normalized spacial score (nSPS) is 21.9. The first-order chi connectivity index (χ1) is 13.8. The molecule has 0 unspecified atom stereocenters. The van der Waals surface area contributed by atoms with Gasteiger partial charge in [-0.25, -0.2) is 8.42 Å². The molecular formula is C19H27N3O6S. The topological polar surface area (TPSA) is 105 Å². The van der Waals surface area contributed by atoms with Crippen molar-refractivity contribution in [2.75, 3.05) is 51.9 Å². The Morgan fingerprint density at radius 2 is 1.93 bits per heavy atom. The molecule has 2 fully saturated rings. The lowest BCUT2D eigenvalue weighted by Crippen LogP contribution is -2.40. The highest BCUT2D eigenvalue weighted by molar-refractivity contribution is 7.89. The number of nitrogens with one attached hydrogen (secondary N) is 1. The molecule has 2 saturated heterocycles. The van der Waals surface area contributed by atoms with Gasteiger partial charge in [0.05, 0.1) is 36.7 Å². The number of hydrogen-bond donors (Lipinski definition) is 1. The van der Waals surface area contributed by atoms with Gasteiger partial charge in [-0.05, 0) is 31.2 Å². The van der Waals surface area contributed by atoms with E-state index < -0.39 is 15.9 Å². The van der Waals surface area contributed by atoms with Crippen LogP contribution in [0.3, 0.4) is 0 Å². The quantitative estimate of drug-likeness (QED) is 0.683. The number of carbonyl (C=O) groups excluding carboxylic acids is 2. The van der Waals surface area contributed by atoms with E-state index in [1.165, 1.54) is 16.4 Å². The van der Waals surface area contributed by atoms with Gasteiger partial charge in [0.25, 0.3) is 0 Å². The van der Waals surface area contributed by atoms with Crippen LogP contribution in [-0.4, -0.2) is 82.0 Å². The number of anilines is 1. The van der Waals surface area contributed by atoms with E-state index in [4.69, 9.17) is 9.47 Å². The molecule has 0 bridgehead atoms. The zero-order valence-corrected chi connectivity index (χ0v) is 17.5. The standard InChI is InChI=1S/C19H27N3O6S/c1-14(13-27-2)22-12-15(11-18(22)23)19(24)20-16-3-5-17(6-4-16)29(25,26)21-7-9-28-10-8-21/h3-6,14-15H,7-13H2,1-2H3,(H,20,24)/t14-,15+/m0/s1. The molecule has 1 aromatic carbocycles. The van der Waals surface area contributed by atoms with Crippen molar-refractivity contribution in [2.45, 2.75) is 24.3 Å². The number of morpholine rings is 1. The number of carbonyl (C=O) groups is 2. The van der Waals surface area contributed by atoms with Crippen molar-refractivity contribution in [2.24, 2.45) is 5.92 Å². The second kappa shape index (κ2) is 9.21. The minimum atomic E-state index is -3.58. The minimum absolute atomic E-state index is 0.0679. The Morgan fingerprint density at radius 1 is 1.28 bits per heavy atom. The molecule has 0 radical (unpaired) electrons. The first-order valence-corrected chi connectivity index (χ1v) is 11.0. The summed E-state index contributed by atoms with van der Waals surface area (Å²) in [5, 5.41) is 2.78. The van der Waals surface area contributed by atoms with E-state index in [9.17, 15) is 18.0 Å². The molecule has 0 aliphatic carbocycles. The highest BCUT2D eigenvalue weighted by Crippen LogP contribution is 2.23. The van der Waals surface area contributed by atoms with Gasteiger partial charge in [-0.15, -0.1) is 0 Å². The Kier molecular flexibility index (Phi) is 6.89. The van der Waals surface area contributed by atoms with Crippen molar-refractivity contribution in [1.82, 2.24) is 9.21 Å².